The maximum Gasteiger partial charge on any atom is 0.0593 e. The number of hydrogen-bond donors (Lipinski definition) is 1. The third-order valence-electron chi connectivity index (χ3n) is 4.35. The second-order valence-corrected chi connectivity index (χ2v) is 10.1. The van der Waals surface area contributed by atoms with E-state index in [1.54, 1.807) is 0 Å². The van der Waals surface area contributed by atoms with Crippen LogP contribution in [0.3, 0.4) is 0 Å². The summed E-state index contributed by atoms with van der Waals surface area (Å²) in [7, 11) is -1.13. The predicted molar refractivity (Wildman–Crippen MR) is 114 cm³/mol. The minimum atomic E-state index is -1.13. The van der Waals surface area contributed by atoms with Crippen LogP contribution in [0.4, 0.5) is 5.69 Å². The van der Waals surface area contributed by atoms with Gasteiger partial charge in [0.05, 0.1) is 15.7 Å². The average molecular weight is 386 g/mol. The molecule has 26 heavy (non-hydrogen) atoms. The molecular weight excluding hydrogens is 362 g/mol. The van der Waals surface area contributed by atoms with Crippen LogP contribution in [0.1, 0.15) is 39.3 Å². The Kier molecular flexibility index (Phi) is 5.40. The Morgan fingerprint density at radius 2 is 1.62 bits per heavy atom. The molecule has 0 bridgehead atoms. The zero-order valence-corrected chi connectivity index (χ0v) is 17.1. The first-order valence-electron chi connectivity index (χ1n) is 8.73. The molecule has 1 unspecified atom stereocenters. The van der Waals surface area contributed by atoms with Crippen LogP contribution in [0.25, 0.3) is 10.8 Å². The third kappa shape index (κ3) is 3.94. The Hall–Kier alpha value is -1.84. The first-order valence-corrected chi connectivity index (χ1v) is 10.3. The minimum absolute atomic E-state index is 0.0158. The fourth-order valence-corrected chi connectivity index (χ4v) is 4.57. The van der Waals surface area contributed by atoms with Crippen molar-refractivity contribution in [2.75, 3.05) is 5.32 Å². The molecule has 0 fully saturated rings. The number of anilines is 1. The molecule has 0 aliphatic rings. The van der Waals surface area contributed by atoms with Crippen molar-refractivity contribution in [2.45, 2.75) is 43.4 Å². The number of halogens is 1. The van der Waals surface area contributed by atoms with E-state index >= 15 is 0 Å². The van der Waals surface area contributed by atoms with Gasteiger partial charge in [0.15, 0.2) is 0 Å². The summed E-state index contributed by atoms with van der Waals surface area (Å²) in [5.41, 5.74) is 2.05. The van der Waals surface area contributed by atoms with Crippen molar-refractivity contribution in [3.05, 3.63) is 71.2 Å². The number of benzene rings is 3. The van der Waals surface area contributed by atoms with Crippen molar-refractivity contribution in [1.82, 2.24) is 0 Å². The van der Waals surface area contributed by atoms with Gasteiger partial charge in [0, 0.05) is 21.5 Å². The first kappa shape index (κ1) is 18.9. The van der Waals surface area contributed by atoms with Gasteiger partial charge in [-0.15, -0.1) is 0 Å². The summed E-state index contributed by atoms with van der Waals surface area (Å²) in [6, 6.07) is 20.0. The van der Waals surface area contributed by atoms with E-state index in [4.69, 9.17) is 11.6 Å². The van der Waals surface area contributed by atoms with Crippen molar-refractivity contribution in [3.8, 4) is 0 Å². The van der Waals surface area contributed by atoms with Gasteiger partial charge in [-0.3, -0.25) is 4.21 Å². The molecule has 1 N–H and O–H groups in total. The van der Waals surface area contributed by atoms with Crippen LogP contribution >= 0.6 is 11.6 Å². The van der Waals surface area contributed by atoms with E-state index < -0.39 is 10.8 Å². The van der Waals surface area contributed by atoms with E-state index in [9.17, 15) is 4.21 Å². The topological polar surface area (TPSA) is 29.1 Å². The van der Waals surface area contributed by atoms with E-state index in [-0.39, 0.29) is 10.8 Å². The van der Waals surface area contributed by atoms with Gasteiger partial charge in [0.2, 0.25) is 0 Å². The van der Waals surface area contributed by atoms with Crippen LogP contribution in [-0.4, -0.2) is 8.96 Å². The average Bonchev–Trinajstić information content (AvgIpc) is 2.61. The van der Waals surface area contributed by atoms with E-state index in [1.807, 2.05) is 57.2 Å². The quantitative estimate of drug-likeness (QED) is 0.550. The lowest BCUT2D eigenvalue weighted by atomic mass is 10.0. The van der Waals surface area contributed by atoms with E-state index in [0.717, 1.165) is 26.9 Å². The van der Waals surface area contributed by atoms with Crippen molar-refractivity contribution in [3.63, 3.8) is 0 Å². The summed E-state index contributed by atoms with van der Waals surface area (Å²) in [6.45, 7) is 8.16. The first-order chi connectivity index (χ1) is 12.3. The second kappa shape index (κ2) is 7.42. The van der Waals surface area contributed by atoms with E-state index in [1.165, 1.54) is 0 Å². The standard InChI is InChI=1S/C22H24ClNOS/c1-15(24-18-12-10-17(23)11-13-18)19-14-9-16-7-5-6-8-20(16)21(19)26(25)22(2,3)4/h5-15,24H,1-4H3/t15-,26?/m0/s1. The molecular formula is C22H24ClNOS. The Morgan fingerprint density at radius 3 is 2.27 bits per heavy atom. The largest absolute Gasteiger partial charge is 0.378 e. The van der Waals surface area contributed by atoms with E-state index in [0.29, 0.717) is 5.02 Å². The lowest BCUT2D eigenvalue weighted by Gasteiger charge is -2.25. The summed E-state index contributed by atoms with van der Waals surface area (Å²) in [5.74, 6) is 0. The lowest BCUT2D eigenvalue weighted by molar-refractivity contribution is 0.647. The number of fused-ring (bicyclic) bond motifs is 1. The molecule has 2 atom stereocenters. The van der Waals surface area contributed by atoms with Crippen LogP contribution in [0.15, 0.2) is 65.6 Å². The highest BCUT2D eigenvalue weighted by Crippen LogP contribution is 2.35. The summed E-state index contributed by atoms with van der Waals surface area (Å²) in [5, 5.41) is 6.39. The molecule has 0 radical (unpaired) electrons. The molecule has 3 aromatic rings. The molecule has 0 heterocycles. The molecule has 3 rings (SSSR count). The Labute approximate surface area is 163 Å². The molecule has 2 nitrogen and oxygen atoms in total. The van der Waals surface area contributed by atoms with Crippen molar-refractivity contribution >= 4 is 38.9 Å². The Morgan fingerprint density at radius 1 is 0.962 bits per heavy atom. The molecule has 0 saturated carbocycles. The number of rotatable bonds is 4. The number of nitrogens with one attached hydrogen (secondary N) is 1. The van der Waals surface area contributed by atoms with Crippen molar-refractivity contribution in [2.24, 2.45) is 0 Å². The monoisotopic (exact) mass is 385 g/mol. The molecule has 136 valence electrons. The highest BCUT2D eigenvalue weighted by atomic mass is 35.5. The van der Waals surface area contributed by atoms with Crippen LogP contribution in [0, 0.1) is 0 Å². The fraction of sp³-hybridized carbons (Fsp3) is 0.273. The smallest absolute Gasteiger partial charge is 0.0593 e. The maximum absolute atomic E-state index is 13.4. The SMILES string of the molecule is C[C@H](Nc1ccc(Cl)cc1)c1ccc2ccccc2c1S(=O)C(C)(C)C. The Balaban J connectivity index is 2.09. The summed E-state index contributed by atoms with van der Waals surface area (Å²) in [6.07, 6.45) is 0. The van der Waals surface area contributed by atoms with Gasteiger partial charge in [-0.2, -0.15) is 0 Å². The molecule has 0 amide bonds. The minimum Gasteiger partial charge on any atom is -0.378 e. The maximum atomic E-state index is 13.4. The summed E-state index contributed by atoms with van der Waals surface area (Å²) < 4.78 is 13.0. The zero-order chi connectivity index (χ0) is 18.9. The highest BCUT2D eigenvalue weighted by molar-refractivity contribution is 7.86. The Bertz CT molecular complexity index is 945. The van der Waals surface area contributed by atoms with Gasteiger partial charge in [-0.1, -0.05) is 48.0 Å². The van der Waals surface area contributed by atoms with Gasteiger partial charge >= 0.3 is 0 Å². The molecule has 0 aliphatic heterocycles. The van der Waals surface area contributed by atoms with Crippen LogP contribution in [-0.2, 0) is 10.8 Å². The predicted octanol–water partition coefficient (Wildman–Crippen LogP) is 6.57. The molecule has 0 spiro atoms. The normalized spacial score (nSPS) is 14.2. The van der Waals surface area contributed by atoms with Crippen LogP contribution in [0.5, 0.6) is 0 Å². The summed E-state index contributed by atoms with van der Waals surface area (Å²) in [4.78, 5) is 0.921. The third-order valence-corrected chi connectivity index (χ3v) is 6.54. The second-order valence-electron chi connectivity index (χ2n) is 7.46. The van der Waals surface area contributed by atoms with Crippen molar-refractivity contribution < 1.29 is 4.21 Å². The van der Waals surface area contributed by atoms with Crippen LogP contribution in [0.2, 0.25) is 5.02 Å². The van der Waals surface area contributed by atoms with Gasteiger partial charge in [-0.25, -0.2) is 0 Å². The van der Waals surface area contributed by atoms with Crippen LogP contribution < -0.4 is 5.32 Å². The molecule has 0 saturated heterocycles. The van der Waals surface area contributed by atoms with Gasteiger partial charge in [0.25, 0.3) is 0 Å². The van der Waals surface area contributed by atoms with Gasteiger partial charge in [-0.05, 0) is 68.3 Å². The fourth-order valence-electron chi connectivity index (χ4n) is 2.99. The van der Waals surface area contributed by atoms with Gasteiger partial charge in [0.1, 0.15) is 0 Å². The molecule has 4 heteroatoms. The lowest BCUT2D eigenvalue weighted by Crippen LogP contribution is -2.24. The van der Waals surface area contributed by atoms with E-state index in [2.05, 4.69) is 36.5 Å². The highest BCUT2D eigenvalue weighted by Gasteiger charge is 2.27. The molecule has 3 aromatic carbocycles. The molecule has 0 aromatic heterocycles. The van der Waals surface area contributed by atoms with Gasteiger partial charge < -0.3 is 5.32 Å². The summed E-state index contributed by atoms with van der Waals surface area (Å²) >= 11 is 5.98. The van der Waals surface area contributed by atoms with Crippen molar-refractivity contribution in [1.29, 1.82) is 0 Å². The zero-order valence-electron chi connectivity index (χ0n) is 15.5. The number of hydrogen-bond acceptors (Lipinski definition) is 2. The molecule has 0 aliphatic carbocycles.